The van der Waals surface area contributed by atoms with Crippen molar-refractivity contribution in [3.05, 3.63) is 60.0 Å². The van der Waals surface area contributed by atoms with Gasteiger partial charge in [0, 0.05) is 5.69 Å². The highest BCUT2D eigenvalue weighted by molar-refractivity contribution is 8.00. The highest BCUT2D eigenvalue weighted by atomic mass is 35.5. The average Bonchev–Trinajstić information content (AvgIpc) is 3.53. The first-order chi connectivity index (χ1) is 15.1. The van der Waals surface area contributed by atoms with Crippen molar-refractivity contribution in [1.82, 2.24) is 9.97 Å². The molecule has 1 atom stereocenters. The molecule has 2 N–H and O–H groups in total. The number of nitrogens with zero attached hydrogens (tertiary/aromatic N) is 1. The summed E-state index contributed by atoms with van der Waals surface area (Å²) in [6, 6.07) is 12.4. The van der Waals surface area contributed by atoms with E-state index in [2.05, 4.69) is 15.3 Å². The molecule has 0 aliphatic heterocycles. The van der Waals surface area contributed by atoms with Gasteiger partial charge in [-0.3, -0.25) is 4.79 Å². The van der Waals surface area contributed by atoms with Crippen molar-refractivity contribution in [2.75, 3.05) is 12.4 Å². The number of thioether (sulfide) groups is 1. The smallest absolute Gasteiger partial charge is 0.237 e. The Morgan fingerprint density at radius 1 is 1.23 bits per heavy atom. The highest BCUT2D eigenvalue weighted by Gasteiger charge is 2.24. The van der Waals surface area contributed by atoms with Crippen LogP contribution in [0.2, 0.25) is 5.02 Å². The number of hydrogen-bond acceptors (Lipinski definition) is 6. The second kappa shape index (κ2) is 9.36. The number of imidazole rings is 1. The number of hydrogen-bond donors (Lipinski definition) is 2. The summed E-state index contributed by atoms with van der Waals surface area (Å²) in [5, 5.41) is 3.55. The summed E-state index contributed by atoms with van der Waals surface area (Å²) in [6.45, 7) is 1.95. The van der Waals surface area contributed by atoms with Gasteiger partial charge < -0.3 is 23.9 Å². The first-order valence-corrected chi connectivity index (χ1v) is 10.8. The zero-order valence-corrected chi connectivity index (χ0v) is 18.4. The van der Waals surface area contributed by atoms with Gasteiger partial charge in [0.05, 0.1) is 29.9 Å². The third kappa shape index (κ3) is 4.65. The van der Waals surface area contributed by atoms with Crippen molar-refractivity contribution >= 4 is 35.0 Å². The van der Waals surface area contributed by atoms with Crippen LogP contribution in [0.25, 0.3) is 22.9 Å². The number of anilines is 1. The molecule has 3 heterocycles. The van der Waals surface area contributed by atoms with E-state index in [4.69, 9.17) is 25.2 Å². The van der Waals surface area contributed by atoms with Crippen LogP contribution in [0, 0.1) is 0 Å². The molecule has 1 unspecified atom stereocenters. The molecule has 0 saturated heterocycles. The van der Waals surface area contributed by atoms with Crippen molar-refractivity contribution in [2.45, 2.75) is 23.8 Å². The molecule has 160 valence electrons. The number of furan rings is 2. The summed E-state index contributed by atoms with van der Waals surface area (Å²) < 4.78 is 16.2. The summed E-state index contributed by atoms with van der Waals surface area (Å²) in [6.07, 6.45) is 3.79. The van der Waals surface area contributed by atoms with Crippen molar-refractivity contribution in [3.8, 4) is 28.7 Å². The van der Waals surface area contributed by atoms with Gasteiger partial charge in [0.25, 0.3) is 0 Å². The molecule has 0 radical (unpaired) electrons. The minimum Gasteiger partial charge on any atom is -0.495 e. The van der Waals surface area contributed by atoms with E-state index in [0.29, 0.717) is 50.9 Å². The maximum atomic E-state index is 12.9. The van der Waals surface area contributed by atoms with E-state index in [1.165, 1.54) is 11.8 Å². The van der Waals surface area contributed by atoms with Crippen LogP contribution in [0.3, 0.4) is 0 Å². The maximum Gasteiger partial charge on any atom is 0.237 e. The Kier molecular flexibility index (Phi) is 6.39. The van der Waals surface area contributed by atoms with Crippen molar-refractivity contribution in [1.29, 1.82) is 0 Å². The Balaban J connectivity index is 1.55. The zero-order chi connectivity index (χ0) is 21.8. The lowest BCUT2D eigenvalue weighted by molar-refractivity contribution is -0.115. The summed E-state index contributed by atoms with van der Waals surface area (Å²) in [5.74, 6) is 1.65. The lowest BCUT2D eigenvalue weighted by Gasteiger charge is -2.14. The predicted molar refractivity (Wildman–Crippen MR) is 121 cm³/mol. The average molecular weight is 458 g/mol. The van der Waals surface area contributed by atoms with Crippen LogP contribution in [-0.4, -0.2) is 28.2 Å². The zero-order valence-electron chi connectivity index (χ0n) is 16.8. The van der Waals surface area contributed by atoms with Crippen LogP contribution >= 0.6 is 23.4 Å². The lowest BCUT2D eigenvalue weighted by atomic mass is 10.2. The fraction of sp³-hybridized carbons (Fsp3) is 0.182. The van der Waals surface area contributed by atoms with Gasteiger partial charge in [-0.15, -0.1) is 0 Å². The van der Waals surface area contributed by atoms with Gasteiger partial charge in [-0.1, -0.05) is 30.3 Å². The Hall–Kier alpha value is -3.10. The Morgan fingerprint density at radius 2 is 1.97 bits per heavy atom. The quantitative estimate of drug-likeness (QED) is 0.310. The van der Waals surface area contributed by atoms with E-state index in [-0.39, 0.29) is 11.2 Å². The molecule has 31 heavy (non-hydrogen) atoms. The number of H-pyrrole nitrogens is 1. The van der Waals surface area contributed by atoms with Gasteiger partial charge in [-0.05, 0) is 48.9 Å². The van der Waals surface area contributed by atoms with Crippen molar-refractivity contribution < 1.29 is 18.4 Å². The third-order valence-corrected chi connectivity index (χ3v) is 6.08. The largest absolute Gasteiger partial charge is 0.495 e. The second-order valence-electron chi connectivity index (χ2n) is 6.57. The summed E-state index contributed by atoms with van der Waals surface area (Å²) in [5.41, 5.74) is 1.92. The molecule has 0 spiro atoms. The minimum absolute atomic E-state index is 0.149. The summed E-state index contributed by atoms with van der Waals surface area (Å²) in [4.78, 5) is 20.8. The summed E-state index contributed by atoms with van der Waals surface area (Å²) >= 11 is 7.50. The SMILES string of the molecule is CCC(Sc1nc(-c2ccco2)c(-c2ccco2)[nH]1)C(=O)Nc1ccc(OC)c(Cl)c1. The molecule has 4 rings (SSSR count). The number of amides is 1. The predicted octanol–water partition coefficient (Wildman–Crippen LogP) is 6.10. The van der Waals surface area contributed by atoms with E-state index in [9.17, 15) is 4.79 Å². The fourth-order valence-electron chi connectivity index (χ4n) is 3.02. The maximum absolute atomic E-state index is 12.9. The molecule has 1 aromatic carbocycles. The number of benzene rings is 1. The monoisotopic (exact) mass is 457 g/mol. The van der Waals surface area contributed by atoms with E-state index in [1.54, 1.807) is 50.0 Å². The normalized spacial score (nSPS) is 12.0. The molecule has 7 nitrogen and oxygen atoms in total. The van der Waals surface area contributed by atoms with Gasteiger partial charge in [-0.25, -0.2) is 4.98 Å². The molecule has 1 amide bonds. The molecule has 0 aliphatic rings. The number of rotatable bonds is 8. The van der Waals surface area contributed by atoms with Gasteiger partial charge >= 0.3 is 0 Å². The molecular formula is C22H20ClN3O4S. The minimum atomic E-state index is -0.374. The van der Waals surface area contributed by atoms with Gasteiger partial charge in [0.1, 0.15) is 17.1 Å². The van der Waals surface area contributed by atoms with Crippen LogP contribution in [0.5, 0.6) is 5.75 Å². The molecule has 9 heteroatoms. The number of ether oxygens (including phenoxy) is 1. The number of aromatic amines is 1. The second-order valence-corrected chi connectivity index (χ2v) is 8.17. The van der Waals surface area contributed by atoms with Crippen molar-refractivity contribution in [2.24, 2.45) is 0 Å². The highest BCUT2D eigenvalue weighted by Crippen LogP contribution is 2.35. The molecule has 0 aliphatic carbocycles. The first-order valence-electron chi connectivity index (χ1n) is 9.57. The molecule has 0 fully saturated rings. The standard InChI is InChI=1S/C22H20ClN3O4S/c1-3-18(21(27)24-13-8-9-15(28-2)14(23)12-13)31-22-25-19(16-6-4-10-29-16)20(26-22)17-7-5-11-30-17/h4-12,18H,3H2,1-2H3,(H,24,27)(H,25,26). The third-order valence-electron chi connectivity index (χ3n) is 4.54. The number of carbonyl (C=O) groups excluding carboxylic acids is 1. The molecular weight excluding hydrogens is 438 g/mol. The van der Waals surface area contributed by atoms with E-state index >= 15 is 0 Å². The Labute approximate surface area is 188 Å². The first kappa shape index (κ1) is 21.1. The van der Waals surface area contributed by atoms with Crippen LogP contribution in [0.1, 0.15) is 13.3 Å². The number of halogens is 1. The van der Waals surface area contributed by atoms with Crippen LogP contribution in [0.15, 0.2) is 69.0 Å². The fourth-order valence-corrected chi connectivity index (χ4v) is 4.19. The molecule has 0 saturated carbocycles. The topological polar surface area (TPSA) is 93.3 Å². The van der Waals surface area contributed by atoms with E-state index in [1.807, 2.05) is 19.1 Å². The number of nitrogens with one attached hydrogen (secondary N) is 2. The molecule has 4 aromatic rings. The lowest BCUT2D eigenvalue weighted by Crippen LogP contribution is -2.24. The summed E-state index contributed by atoms with van der Waals surface area (Å²) in [7, 11) is 1.54. The van der Waals surface area contributed by atoms with Crippen LogP contribution in [0.4, 0.5) is 5.69 Å². The van der Waals surface area contributed by atoms with Crippen LogP contribution in [-0.2, 0) is 4.79 Å². The van der Waals surface area contributed by atoms with Gasteiger partial charge in [0.2, 0.25) is 5.91 Å². The number of carbonyl (C=O) groups is 1. The molecule has 3 aromatic heterocycles. The van der Waals surface area contributed by atoms with Gasteiger partial charge in [-0.2, -0.15) is 0 Å². The number of aromatic nitrogens is 2. The Morgan fingerprint density at radius 3 is 2.58 bits per heavy atom. The van der Waals surface area contributed by atoms with E-state index in [0.717, 1.165) is 0 Å². The Bertz CT molecular complexity index is 1100. The van der Waals surface area contributed by atoms with Crippen molar-refractivity contribution in [3.63, 3.8) is 0 Å². The number of methoxy groups -OCH3 is 1. The molecule has 0 bridgehead atoms. The van der Waals surface area contributed by atoms with E-state index < -0.39 is 0 Å². The van der Waals surface area contributed by atoms with Crippen LogP contribution < -0.4 is 10.1 Å². The van der Waals surface area contributed by atoms with Gasteiger partial charge in [0.15, 0.2) is 16.7 Å².